The minimum absolute atomic E-state index is 0.725. The summed E-state index contributed by atoms with van der Waals surface area (Å²) in [6.45, 7) is 8.50. The van der Waals surface area contributed by atoms with E-state index in [0.717, 1.165) is 45.8 Å². The van der Waals surface area contributed by atoms with Crippen LogP contribution in [0.2, 0.25) is 0 Å². The van der Waals surface area contributed by atoms with Crippen LogP contribution in [-0.2, 0) is 0 Å². The van der Waals surface area contributed by atoms with Gasteiger partial charge in [-0.2, -0.15) is 0 Å². The molecule has 0 amide bonds. The standard InChI is InChI=1S/C23H26/c1-21-5-8-11-17-13-12-15-9-6(14(8)22(15,17)2)4-7-10(9)16(12)23(3,20(7)21)19(13)18(11)21/h6-7,9-13,15-20H,4-5H2,1-3H3/t6-,7+,9+,10-,11-,12+,13-,15-,16-,17+,18+,19-,20+,21+,22+,23+/m0/s1. The van der Waals surface area contributed by atoms with E-state index in [9.17, 15) is 0 Å². The highest BCUT2D eigenvalue weighted by atomic mass is 15.0. The minimum Gasteiger partial charge on any atom is -0.0659 e. The van der Waals surface area contributed by atoms with E-state index in [4.69, 9.17) is 0 Å². The maximum atomic E-state index is 2.87. The molecule has 0 radical (unpaired) electrons. The first-order valence-corrected chi connectivity index (χ1v) is 10.8. The van der Waals surface area contributed by atoms with Crippen LogP contribution in [0.5, 0.6) is 0 Å². The number of rotatable bonds is 0. The summed E-state index contributed by atoms with van der Waals surface area (Å²) in [6.07, 6.45) is 3.23. The van der Waals surface area contributed by atoms with E-state index < -0.39 is 0 Å². The maximum Gasteiger partial charge on any atom is -0.00398 e. The normalized spacial score (nSPS) is 91.7. The Morgan fingerprint density at radius 1 is 0.826 bits per heavy atom. The van der Waals surface area contributed by atoms with Gasteiger partial charge in [0.2, 0.25) is 0 Å². The number of allylic oxidation sites excluding steroid dienone is 2. The fourth-order valence-corrected chi connectivity index (χ4v) is 15.2. The molecule has 0 aromatic heterocycles. The Morgan fingerprint density at radius 2 is 1.65 bits per heavy atom. The van der Waals surface area contributed by atoms with Gasteiger partial charge in [-0.1, -0.05) is 31.9 Å². The fraction of sp³-hybridized carbons (Fsp3) is 0.913. The molecule has 9 saturated carbocycles. The lowest BCUT2D eigenvalue weighted by Crippen LogP contribution is -2.39. The van der Waals surface area contributed by atoms with Gasteiger partial charge in [-0.05, 0) is 106 Å². The molecule has 10 aliphatic carbocycles. The van der Waals surface area contributed by atoms with E-state index >= 15 is 0 Å². The van der Waals surface area contributed by atoms with Crippen LogP contribution in [0.3, 0.4) is 0 Å². The van der Waals surface area contributed by atoms with Gasteiger partial charge < -0.3 is 0 Å². The fourth-order valence-electron chi connectivity index (χ4n) is 15.2. The molecule has 10 aliphatic rings. The number of fused-ring (bicyclic) bond motifs is 3. The van der Waals surface area contributed by atoms with E-state index in [1.807, 2.05) is 0 Å². The van der Waals surface area contributed by atoms with Crippen molar-refractivity contribution in [2.75, 3.05) is 0 Å². The molecule has 0 heterocycles. The van der Waals surface area contributed by atoms with Crippen LogP contribution in [0.25, 0.3) is 0 Å². The third kappa shape index (κ3) is 0.544. The van der Waals surface area contributed by atoms with Crippen LogP contribution in [0.15, 0.2) is 11.1 Å². The van der Waals surface area contributed by atoms with Crippen LogP contribution < -0.4 is 0 Å². The van der Waals surface area contributed by atoms with Crippen molar-refractivity contribution in [2.45, 2.75) is 33.6 Å². The number of hydrogen-bond donors (Lipinski definition) is 0. The third-order valence-electron chi connectivity index (χ3n) is 13.7. The SMILES string of the molecule is C[C@@]12CC3=C4[C@H]5C[C@@H]6[C@H]7[C@@H]5[C@H]5[C@H]8[C@H]9[C@@H]([C@H]3[C@@H]1[C@H]9[C@@](C)([C@H]87)[C@H]62)[C@]45C. The van der Waals surface area contributed by atoms with Crippen molar-refractivity contribution in [3.63, 3.8) is 0 Å². The first-order chi connectivity index (χ1) is 11.1. The summed E-state index contributed by atoms with van der Waals surface area (Å²) in [5.41, 5.74) is 6.56. The topological polar surface area (TPSA) is 0 Å². The second-order valence-corrected chi connectivity index (χ2v) is 12.7. The Balaban J connectivity index is 1.54. The van der Waals surface area contributed by atoms with Crippen molar-refractivity contribution in [1.29, 1.82) is 0 Å². The average molecular weight is 302 g/mol. The summed E-state index contributed by atoms with van der Waals surface area (Å²) in [5, 5.41) is 0. The van der Waals surface area contributed by atoms with Crippen LogP contribution in [-0.4, -0.2) is 0 Å². The molecule has 0 nitrogen and oxygen atoms in total. The van der Waals surface area contributed by atoms with Gasteiger partial charge in [-0.25, -0.2) is 0 Å². The molecule has 23 heavy (non-hydrogen) atoms. The molecule has 0 N–H and O–H groups in total. The van der Waals surface area contributed by atoms with Crippen molar-refractivity contribution in [3.8, 4) is 0 Å². The molecule has 0 aromatic rings. The summed E-state index contributed by atoms with van der Waals surface area (Å²) in [6, 6.07) is 0. The molecule has 0 aliphatic heterocycles. The van der Waals surface area contributed by atoms with E-state index in [0.29, 0.717) is 0 Å². The smallest absolute Gasteiger partial charge is 0.00398 e. The highest BCUT2D eigenvalue weighted by molar-refractivity contribution is 5.57. The molecule has 0 unspecified atom stereocenters. The van der Waals surface area contributed by atoms with E-state index in [1.165, 1.54) is 47.3 Å². The van der Waals surface area contributed by atoms with Gasteiger partial charge in [0, 0.05) is 0 Å². The van der Waals surface area contributed by atoms with Gasteiger partial charge in [-0.15, -0.1) is 0 Å². The summed E-state index contributed by atoms with van der Waals surface area (Å²) in [7, 11) is 0. The second kappa shape index (κ2) is 2.23. The predicted octanol–water partition coefficient (Wildman–Crippen LogP) is 4.23. The Morgan fingerprint density at radius 3 is 2.52 bits per heavy atom. The molecular formula is C23H26. The van der Waals surface area contributed by atoms with Crippen molar-refractivity contribution in [1.82, 2.24) is 0 Å². The van der Waals surface area contributed by atoms with Gasteiger partial charge in [0.05, 0.1) is 0 Å². The second-order valence-electron chi connectivity index (χ2n) is 12.7. The highest BCUT2D eigenvalue weighted by Gasteiger charge is 2.97. The summed E-state index contributed by atoms with van der Waals surface area (Å²) >= 11 is 0. The van der Waals surface area contributed by atoms with Crippen LogP contribution in [0.4, 0.5) is 0 Å². The minimum atomic E-state index is 0.725. The van der Waals surface area contributed by atoms with Crippen LogP contribution in [0, 0.1) is 93.2 Å². The Kier molecular flexibility index (Phi) is 1.03. The third-order valence-corrected chi connectivity index (χ3v) is 13.7. The van der Waals surface area contributed by atoms with Gasteiger partial charge in [0.1, 0.15) is 0 Å². The molecule has 16 atom stereocenters. The largest absolute Gasteiger partial charge is 0.0659 e. The first kappa shape index (κ1) is 10.7. The van der Waals surface area contributed by atoms with E-state index in [1.54, 1.807) is 12.8 Å². The van der Waals surface area contributed by atoms with Crippen LogP contribution in [0.1, 0.15) is 33.6 Å². The van der Waals surface area contributed by atoms with Crippen molar-refractivity contribution >= 4 is 0 Å². The molecule has 0 spiro atoms. The quantitative estimate of drug-likeness (QED) is 0.588. The Hall–Kier alpha value is -0.260. The summed E-state index contributed by atoms with van der Waals surface area (Å²) in [5.74, 6) is 15.1. The molecule has 0 heteroatoms. The molecule has 0 aromatic carbocycles. The molecule has 9 fully saturated rings. The first-order valence-electron chi connectivity index (χ1n) is 10.8. The van der Waals surface area contributed by atoms with Gasteiger partial charge in [0.25, 0.3) is 0 Å². The molecule has 10 rings (SSSR count). The summed E-state index contributed by atoms with van der Waals surface area (Å²) < 4.78 is 0. The Bertz CT molecular complexity index is 850. The lowest BCUT2D eigenvalue weighted by molar-refractivity contribution is 0.0529. The van der Waals surface area contributed by atoms with Crippen molar-refractivity contribution in [2.24, 2.45) is 93.2 Å². The molecule has 118 valence electrons. The Labute approximate surface area is 138 Å². The maximum absolute atomic E-state index is 2.87. The van der Waals surface area contributed by atoms with Crippen molar-refractivity contribution in [3.05, 3.63) is 11.1 Å². The predicted molar refractivity (Wildman–Crippen MR) is 86.0 cm³/mol. The number of hydrogen-bond acceptors (Lipinski definition) is 0. The highest BCUT2D eigenvalue weighted by Crippen LogP contribution is 3.01. The van der Waals surface area contributed by atoms with Gasteiger partial charge in [0.15, 0.2) is 0 Å². The van der Waals surface area contributed by atoms with E-state index in [-0.39, 0.29) is 0 Å². The average Bonchev–Trinajstić information content (AvgIpc) is 3.21. The van der Waals surface area contributed by atoms with Gasteiger partial charge in [-0.3, -0.25) is 0 Å². The lowest BCUT2D eigenvalue weighted by atomic mass is 9.60. The van der Waals surface area contributed by atoms with E-state index in [2.05, 4.69) is 31.9 Å². The molecule has 0 saturated heterocycles. The lowest BCUT2D eigenvalue weighted by Gasteiger charge is -2.44. The van der Waals surface area contributed by atoms with Crippen LogP contribution >= 0.6 is 0 Å². The zero-order chi connectivity index (χ0) is 14.6. The van der Waals surface area contributed by atoms with Gasteiger partial charge >= 0.3 is 0 Å². The summed E-state index contributed by atoms with van der Waals surface area (Å²) in [4.78, 5) is 0. The molecule has 0 bridgehead atoms. The zero-order valence-electron chi connectivity index (χ0n) is 14.4. The molecular weight excluding hydrogens is 276 g/mol. The zero-order valence-corrected chi connectivity index (χ0v) is 14.4. The van der Waals surface area contributed by atoms with Crippen molar-refractivity contribution < 1.29 is 0 Å². The monoisotopic (exact) mass is 302 g/mol.